The molecule has 0 radical (unpaired) electrons. The number of rotatable bonds is 6. The number of nitrogens with one attached hydrogen (secondary N) is 1. The van der Waals surface area contributed by atoms with Crippen molar-refractivity contribution >= 4 is 23.2 Å². The lowest BCUT2D eigenvalue weighted by molar-refractivity contribution is -0.384. The van der Waals surface area contributed by atoms with Crippen molar-refractivity contribution in [1.29, 1.82) is 0 Å². The zero-order chi connectivity index (χ0) is 21.7. The van der Waals surface area contributed by atoms with Gasteiger partial charge in [-0.25, -0.2) is 0 Å². The molecule has 2 aromatic carbocycles. The topological polar surface area (TPSA) is 102 Å². The summed E-state index contributed by atoms with van der Waals surface area (Å²) in [7, 11) is 0. The van der Waals surface area contributed by atoms with Crippen LogP contribution in [0.2, 0.25) is 0 Å². The van der Waals surface area contributed by atoms with Crippen LogP contribution in [-0.4, -0.2) is 41.3 Å². The molecule has 2 amide bonds. The van der Waals surface area contributed by atoms with E-state index in [2.05, 4.69) is 10.1 Å². The normalized spacial score (nSPS) is 16.2. The van der Waals surface area contributed by atoms with Crippen LogP contribution in [0.5, 0.6) is 5.75 Å². The fourth-order valence-electron chi connectivity index (χ4n) is 3.30. The molecule has 1 fully saturated rings. The average Bonchev–Trinajstić information content (AvgIpc) is 2.73. The van der Waals surface area contributed by atoms with Crippen molar-refractivity contribution in [3.05, 3.63) is 64.2 Å². The van der Waals surface area contributed by atoms with Crippen LogP contribution in [-0.2, 0) is 4.79 Å². The number of anilines is 1. The molecule has 3 rings (SSSR count). The van der Waals surface area contributed by atoms with Crippen LogP contribution in [0.4, 0.5) is 20.2 Å². The highest BCUT2D eigenvalue weighted by molar-refractivity contribution is 5.98. The molecule has 0 spiro atoms. The summed E-state index contributed by atoms with van der Waals surface area (Å²) in [5, 5.41) is 13.4. The molecule has 1 N–H and O–H groups in total. The second kappa shape index (κ2) is 9.29. The lowest BCUT2D eigenvalue weighted by Crippen LogP contribution is -2.43. The molecule has 1 heterocycles. The van der Waals surface area contributed by atoms with Gasteiger partial charge in [-0.3, -0.25) is 19.7 Å². The van der Waals surface area contributed by atoms with Gasteiger partial charge in [-0.1, -0.05) is 12.1 Å². The van der Waals surface area contributed by atoms with Crippen molar-refractivity contribution in [1.82, 2.24) is 4.90 Å². The van der Waals surface area contributed by atoms with E-state index in [0.717, 1.165) is 0 Å². The van der Waals surface area contributed by atoms with Gasteiger partial charge in [0.2, 0.25) is 5.91 Å². The minimum Gasteiger partial charge on any atom is -0.434 e. The van der Waals surface area contributed by atoms with E-state index in [1.54, 1.807) is 6.07 Å². The maximum Gasteiger partial charge on any atom is 0.387 e. The molecule has 1 saturated heterocycles. The first-order valence-corrected chi connectivity index (χ1v) is 9.23. The van der Waals surface area contributed by atoms with E-state index in [9.17, 15) is 28.5 Å². The largest absolute Gasteiger partial charge is 0.434 e. The highest BCUT2D eigenvalue weighted by atomic mass is 19.3. The standard InChI is InChI=1S/C20H19F2N3O5/c21-20(22)30-17-6-2-1-5-16(17)19(27)24-11-3-4-13(12-24)18(26)23-14-7-9-15(10-8-14)25(28)29/h1-2,5-10,13,20H,3-4,11-12H2,(H,23,26)/t13-/m1/s1. The van der Waals surface area contributed by atoms with Gasteiger partial charge < -0.3 is 15.0 Å². The average molecular weight is 419 g/mol. The molecule has 8 nitrogen and oxygen atoms in total. The number of carbonyl (C=O) groups excluding carboxylic acids is 2. The Morgan fingerprint density at radius 2 is 1.87 bits per heavy atom. The number of nitrogens with zero attached hydrogens (tertiary/aromatic N) is 2. The van der Waals surface area contributed by atoms with Crippen molar-refractivity contribution in [2.45, 2.75) is 19.5 Å². The second-order valence-corrected chi connectivity index (χ2v) is 6.76. The van der Waals surface area contributed by atoms with Gasteiger partial charge >= 0.3 is 6.61 Å². The molecular weight excluding hydrogens is 400 g/mol. The Kier molecular flexibility index (Phi) is 6.55. The van der Waals surface area contributed by atoms with Crippen LogP contribution in [0.25, 0.3) is 0 Å². The number of likely N-dealkylation sites (tertiary alicyclic amines) is 1. The number of carbonyl (C=O) groups is 2. The van der Waals surface area contributed by atoms with Crippen LogP contribution >= 0.6 is 0 Å². The molecule has 0 unspecified atom stereocenters. The number of ether oxygens (including phenoxy) is 1. The summed E-state index contributed by atoms with van der Waals surface area (Å²) in [5.41, 5.74) is 0.325. The number of alkyl halides is 2. The summed E-state index contributed by atoms with van der Waals surface area (Å²) in [5.74, 6) is -1.52. The highest BCUT2D eigenvalue weighted by Crippen LogP contribution is 2.26. The van der Waals surface area contributed by atoms with Gasteiger partial charge in [0.1, 0.15) is 5.75 Å². The van der Waals surface area contributed by atoms with Gasteiger partial charge in [0.15, 0.2) is 0 Å². The van der Waals surface area contributed by atoms with Gasteiger partial charge in [0.05, 0.1) is 16.4 Å². The molecular formula is C20H19F2N3O5. The SMILES string of the molecule is O=C(Nc1ccc([N+](=O)[O-])cc1)[C@@H]1CCCN(C(=O)c2ccccc2OC(F)F)C1. The van der Waals surface area contributed by atoms with Crippen molar-refractivity contribution in [2.75, 3.05) is 18.4 Å². The number of amides is 2. The van der Waals surface area contributed by atoms with Crippen LogP contribution in [0.3, 0.4) is 0 Å². The Morgan fingerprint density at radius 3 is 2.53 bits per heavy atom. The number of para-hydroxylation sites is 1. The van der Waals surface area contributed by atoms with E-state index >= 15 is 0 Å². The van der Waals surface area contributed by atoms with E-state index in [4.69, 9.17) is 0 Å². The maximum atomic E-state index is 12.8. The summed E-state index contributed by atoms with van der Waals surface area (Å²) >= 11 is 0. The smallest absolute Gasteiger partial charge is 0.387 e. The van der Waals surface area contributed by atoms with Gasteiger partial charge in [-0.05, 0) is 37.1 Å². The predicted molar refractivity (Wildman–Crippen MR) is 103 cm³/mol. The molecule has 0 bridgehead atoms. The molecule has 1 aliphatic rings. The van der Waals surface area contributed by atoms with Gasteiger partial charge in [-0.15, -0.1) is 0 Å². The summed E-state index contributed by atoms with van der Waals surface area (Å²) in [4.78, 5) is 37.0. The third-order valence-corrected chi connectivity index (χ3v) is 4.76. The Hall–Kier alpha value is -3.56. The fourth-order valence-corrected chi connectivity index (χ4v) is 3.30. The highest BCUT2D eigenvalue weighted by Gasteiger charge is 2.30. The summed E-state index contributed by atoms with van der Waals surface area (Å²) in [6, 6.07) is 11.2. The number of piperidine rings is 1. The molecule has 0 saturated carbocycles. The first-order chi connectivity index (χ1) is 14.3. The molecule has 1 atom stereocenters. The number of halogens is 2. The third kappa shape index (κ3) is 5.07. The Morgan fingerprint density at radius 1 is 1.17 bits per heavy atom. The van der Waals surface area contributed by atoms with Gasteiger partial charge in [-0.2, -0.15) is 8.78 Å². The molecule has 10 heteroatoms. The first kappa shape index (κ1) is 21.2. The number of non-ortho nitro benzene ring substituents is 1. The minimum absolute atomic E-state index is 0.00854. The quantitative estimate of drug-likeness (QED) is 0.568. The van der Waals surface area contributed by atoms with Crippen molar-refractivity contribution in [3.63, 3.8) is 0 Å². The van der Waals surface area contributed by atoms with Crippen molar-refractivity contribution in [3.8, 4) is 5.75 Å². The van der Waals surface area contributed by atoms with Crippen LogP contribution in [0, 0.1) is 16.0 Å². The number of nitro benzene ring substituents is 1. The van der Waals surface area contributed by atoms with Gasteiger partial charge in [0, 0.05) is 30.9 Å². The van der Waals surface area contributed by atoms with E-state index in [1.165, 1.54) is 47.4 Å². The second-order valence-electron chi connectivity index (χ2n) is 6.76. The van der Waals surface area contributed by atoms with E-state index in [-0.39, 0.29) is 29.5 Å². The number of nitro groups is 1. The zero-order valence-corrected chi connectivity index (χ0v) is 15.8. The van der Waals surface area contributed by atoms with Crippen LogP contribution < -0.4 is 10.1 Å². The van der Waals surface area contributed by atoms with Crippen LogP contribution in [0.15, 0.2) is 48.5 Å². The Balaban J connectivity index is 1.67. The molecule has 158 valence electrons. The molecule has 0 aromatic heterocycles. The predicted octanol–water partition coefficient (Wildman–Crippen LogP) is 3.69. The summed E-state index contributed by atoms with van der Waals surface area (Å²) in [6.45, 7) is -2.54. The minimum atomic E-state index is -3.06. The zero-order valence-electron chi connectivity index (χ0n) is 15.8. The van der Waals surface area contributed by atoms with Crippen molar-refractivity contribution < 1.29 is 28.0 Å². The molecule has 0 aliphatic carbocycles. The number of benzene rings is 2. The Bertz CT molecular complexity index is 936. The maximum absolute atomic E-state index is 12.8. The monoisotopic (exact) mass is 419 g/mol. The van der Waals surface area contributed by atoms with Crippen molar-refractivity contribution in [2.24, 2.45) is 5.92 Å². The van der Waals surface area contributed by atoms with E-state index in [0.29, 0.717) is 25.1 Å². The third-order valence-electron chi connectivity index (χ3n) is 4.76. The molecule has 30 heavy (non-hydrogen) atoms. The van der Waals surface area contributed by atoms with Gasteiger partial charge in [0.25, 0.3) is 11.6 Å². The number of hydrogen-bond donors (Lipinski definition) is 1. The number of hydrogen-bond acceptors (Lipinski definition) is 5. The Labute approximate surface area is 170 Å². The van der Waals surface area contributed by atoms with E-state index in [1.807, 2.05) is 0 Å². The van der Waals surface area contributed by atoms with E-state index < -0.39 is 23.4 Å². The summed E-state index contributed by atoms with van der Waals surface area (Å²) in [6.07, 6.45) is 1.12. The molecule has 2 aromatic rings. The van der Waals surface area contributed by atoms with Crippen LogP contribution in [0.1, 0.15) is 23.2 Å². The lowest BCUT2D eigenvalue weighted by Gasteiger charge is -2.32. The lowest BCUT2D eigenvalue weighted by atomic mass is 9.96. The summed E-state index contributed by atoms with van der Waals surface area (Å²) < 4.78 is 29.7. The fraction of sp³-hybridized carbons (Fsp3) is 0.300. The first-order valence-electron chi connectivity index (χ1n) is 9.23. The molecule has 1 aliphatic heterocycles.